The van der Waals surface area contributed by atoms with Gasteiger partial charge in [-0.3, -0.25) is 0 Å². The predicted molar refractivity (Wildman–Crippen MR) is 66.3 cm³/mol. The first-order valence-electron chi connectivity index (χ1n) is 5.29. The van der Waals surface area contributed by atoms with E-state index in [1.165, 1.54) is 0 Å². The number of sulfone groups is 1. The van der Waals surface area contributed by atoms with Gasteiger partial charge in [-0.1, -0.05) is 6.07 Å². The Hall–Kier alpha value is -1.23. The van der Waals surface area contributed by atoms with E-state index in [4.69, 9.17) is 5.73 Å². The Morgan fingerprint density at radius 1 is 1.44 bits per heavy atom. The van der Waals surface area contributed by atoms with Gasteiger partial charge in [0.25, 0.3) is 0 Å². The van der Waals surface area contributed by atoms with E-state index in [0.29, 0.717) is 6.42 Å². The fourth-order valence-corrected chi connectivity index (χ4v) is 3.55. The van der Waals surface area contributed by atoms with Crippen LogP contribution < -0.4 is 11.1 Å². The molecule has 1 saturated heterocycles. The highest BCUT2D eigenvalue weighted by molar-refractivity contribution is 7.91. The summed E-state index contributed by atoms with van der Waals surface area (Å²) in [5, 5.41) is 3.21. The van der Waals surface area contributed by atoms with Crippen LogP contribution in [0.15, 0.2) is 18.2 Å². The molecule has 1 atom stereocenters. The number of hydrogen-bond acceptors (Lipinski definition) is 4. The lowest BCUT2D eigenvalue weighted by molar-refractivity contribution is 0.602. The average molecular weight is 240 g/mol. The van der Waals surface area contributed by atoms with Crippen molar-refractivity contribution in [3.8, 4) is 0 Å². The molecule has 0 bridgehead atoms. The minimum absolute atomic E-state index is 0.0205. The van der Waals surface area contributed by atoms with Gasteiger partial charge in [0.2, 0.25) is 0 Å². The monoisotopic (exact) mass is 240 g/mol. The van der Waals surface area contributed by atoms with Crippen LogP contribution >= 0.6 is 0 Å². The Morgan fingerprint density at radius 2 is 2.19 bits per heavy atom. The van der Waals surface area contributed by atoms with E-state index in [1.54, 1.807) is 0 Å². The van der Waals surface area contributed by atoms with Crippen LogP contribution in [0.3, 0.4) is 0 Å². The smallest absolute Gasteiger partial charge is 0.152 e. The summed E-state index contributed by atoms with van der Waals surface area (Å²) in [6, 6.07) is 5.73. The number of nitrogen functional groups attached to an aromatic ring is 1. The number of hydrogen-bond donors (Lipinski definition) is 2. The third-order valence-electron chi connectivity index (χ3n) is 2.88. The first kappa shape index (κ1) is 11.3. The minimum atomic E-state index is -2.83. The van der Waals surface area contributed by atoms with Crippen molar-refractivity contribution in [2.24, 2.45) is 0 Å². The fourth-order valence-electron chi connectivity index (χ4n) is 1.87. The molecule has 0 radical (unpaired) electrons. The van der Waals surface area contributed by atoms with Crippen LogP contribution in [0.1, 0.15) is 12.0 Å². The Kier molecular flexibility index (Phi) is 2.80. The second-order valence-corrected chi connectivity index (χ2v) is 6.54. The third kappa shape index (κ3) is 2.47. The van der Waals surface area contributed by atoms with Gasteiger partial charge < -0.3 is 11.1 Å². The maximum Gasteiger partial charge on any atom is 0.152 e. The summed E-state index contributed by atoms with van der Waals surface area (Å²) in [7, 11) is -2.83. The molecule has 5 heteroatoms. The molecule has 1 fully saturated rings. The first-order valence-corrected chi connectivity index (χ1v) is 7.11. The SMILES string of the molecule is Cc1ccc(NC2CCS(=O)(=O)C2)cc1N. The van der Waals surface area contributed by atoms with Gasteiger partial charge in [-0.15, -0.1) is 0 Å². The van der Waals surface area contributed by atoms with Crippen LogP contribution in [0.25, 0.3) is 0 Å². The second-order valence-electron chi connectivity index (χ2n) is 4.32. The van der Waals surface area contributed by atoms with Crippen molar-refractivity contribution in [3.05, 3.63) is 23.8 Å². The molecule has 4 nitrogen and oxygen atoms in total. The second kappa shape index (κ2) is 3.97. The van der Waals surface area contributed by atoms with Crippen molar-refractivity contribution in [1.82, 2.24) is 0 Å². The van der Waals surface area contributed by atoms with Crippen LogP contribution in [0.4, 0.5) is 11.4 Å². The molecule has 0 aliphatic carbocycles. The summed E-state index contributed by atoms with van der Waals surface area (Å²) < 4.78 is 22.6. The van der Waals surface area contributed by atoms with Crippen LogP contribution in [0.5, 0.6) is 0 Å². The van der Waals surface area contributed by atoms with Gasteiger partial charge in [0, 0.05) is 17.4 Å². The topological polar surface area (TPSA) is 72.2 Å². The molecule has 1 aromatic carbocycles. The van der Waals surface area contributed by atoms with E-state index >= 15 is 0 Å². The Bertz CT molecular complexity index is 497. The Morgan fingerprint density at radius 3 is 2.75 bits per heavy atom. The maximum atomic E-state index is 11.3. The number of anilines is 2. The molecule has 1 aliphatic rings. The van der Waals surface area contributed by atoms with Crippen molar-refractivity contribution in [1.29, 1.82) is 0 Å². The molecule has 1 heterocycles. The summed E-state index contributed by atoms with van der Waals surface area (Å²) in [4.78, 5) is 0. The van der Waals surface area contributed by atoms with E-state index in [-0.39, 0.29) is 17.5 Å². The number of aryl methyl sites for hydroxylation is 1. The summed E-state index contributed by atoms with van der Waals surface area (Å²) in [6.45, 7) is 1.94. The molecule has 3 N–H and O–H groups in total. The van der Waals surface area contributed by atoms with E-state index in [9.17, 15) is 8.42 Å². The van der Waals surface area contributed by atoms with E-state index in [2.05, 4.69) is 5.32 Å². The van der Waals surface area contributed by atoms with Crippen molar-refractivity contribution in [3.63, 3.8) is 0 Å². The van der Waals surface area contributed by atoms with Gasteiger partial charge in [-0.2, -0.15) is 0 Å². The van der Waals surface area contributed by atoms with Gasteiger partial charge in [0.05, 0.1) is 11.5 Å². The summed E-state index contributed by atoms with van der Waals surface area (Å²) in [5.74, 6) is 0.507. The average Bonchev–Trinajstić information content (AvgIpc) is 2.52. The molecule has 0 amide bonds. The Labute approximate surface area is 95.8 Å². The van der Waals surface area contributed by atoms with Crippen molar-refractivity contribution < 1.29 is 8.42 Å². The quantitative estimate of drug-likeness (QED) is 0.761. The van der Waals surface area contributed by atoms with Gasteiger partial charge in [0.1, 0.15) is 0 Å². The number of nitrogens with two attached hydrogens (primary N) is 1. The minimum Gasteiger partial charge on any atom is -0.398 e. The fraction of sp³-hybridized carbons (Fsp3) is 0.455. The van der Waals surface area contributed by atoms with Gasteiger partial charge >= 0.3 is 0 Å². The van der Waals surface area contributed by atoms with Gasteiger partial charge in [-0.05, 0) is 31.0 Å². The summed E-state index contributed by atoms with van der Waals surface area (Å²) in [5.41, 5.74) is 8.44. The lowest BCUT2D eigenvalue weighted by atomic mass is 10.1. The molecule has 1 unspecified atom stereocenters. The number of nitrogens with one attached hydrogen (secondary N) is 1. The van der Waals surface area contributed by atoms with Crippen LogP contribution in [0, 0.1) is 6.92 Å². The molecule has 0 aromatic heterocycles. The van der Waals surface area contributed by atoms with Crippen molar-refractivity contribution >= 4 is 21.2 Å². The highest BCUT2D eigenvalue weighted by atomic mass is 32.2. The molecular weight excluding hydrogens is 224 g/mol. The molecule has 1 aromatic rings. The molecule has 1 aliphatic heterocycles. The number of benzene rings is 1. The third-order valence-corrected chi connectivity index (χ3v) is 4.65. The molecule has 0 spiro atoms. The zero-order valence-electron chi connectivity index (χ0n) is 9.23. The number of rotatable bonds is 2. The first-order chi connectivity index (χ1) is 7.46. The van der Waals surface area contributed by atoms with E-state index in [0.717, 1.165) is 16.9 Å². The molecule has 16 heavy (non-hydrogen) atoms. The molecular formula is C11H16N2O2S. The lowest BCUT2D eigenvalue weighted by Gasteiger charge is -2.13. The lowest BCUT2D eigenvalue weighted by Crippen LogP contribution is -2.20. The maximum absolute atomic E-state index is 11.3. The van der Waals surface area contributed by atoms with Gasteiger partial charge in [-0.25, -0.2) is 8.42 Å². The van der Waals surface area contributed by atoms with Crippen molar-refractivity contribution in [2.75, 3.05) is 22.6 Å². The van der Waals surface area contributed by atoms with E-state index in [1.807, 2.05) is 25.1 Å². The van der Waals surface area contributed by atoms with E-state index < -0.39 is 9.84 Å². The summed E-state index contributed by atoms with van der Waals surface area (Å²) in [6.07, 6.45) is 0.677. The Balaban J connectivity index is 2.08. The summed E-state index contributed by atoms with van der Waals surface area (Å²) >= 11 is 0. The highest BCUT2D eigenvalue weighted by Gasteiger charge is 2.27. The predicted octanol–water partition coefficient (Wildman–Crippen LogP) is 1.18. The van der Waals surface area contributed by atoms with Crippen LogP contribution in [-0.4, -0.2) is 26.0 Å². The molecule has 0 saturated carbocycles. The van der Waals surface area contributed by atoms with Crippen molar-refractivity contribution in [2.45, 2.75) is 19.4 Å². The zero-order chi connectivity index (χ0) is 11.8. The van der Waals surface area contributed by atoms with Crippen LogP contribution in [-0.2, 0) is 9.84 Å². The largest absolute Gasteiger partial charge is 0.398 e. The normalized spacial score (nSPS) is 23.2. The standard InChI is InChI=1S/C11H16N2O2S/c1-8-2-3-9(6-11(8)12)13-10-4-5-16(14,15)7-10/h2-3,6,10,13H,4-5,7,12H2,1H3. The molecule has 2 rings (SSSR count). The zero-order valence-corrected chi connectivity index (χ0v) is 10.0. The van der Waals surface area contributed by atoms with Gasteiger partial charge in [0.15, 0.2) is 9.84 Å². The highest BCUT2D eigenvalue weighted by Crippen LogP contribution is 2.21. The van der Waals surface area contributed by atoms with Crippen LogP contribution in [0.2, 0.25) is 0 Å². The molecule has 88 valence electrons.